The number of amides is 3. The molecule has 196 valence electrons. The predicted molar refractivity (Wildman–Crippen MR) is 149 cm³/mol. The third-order valence-electron chi connectivity index (χ3n) is 6.61. The molecule has 0 bridgehead atoms. The molecule has 2 unspecified atom stereocenters. The van der Waals surface area contributed by atoms with Crippen molar-refractivity contribution in [3.63, 3.8) is 0 Å². The summed E-state index contributed by atoms with van der Waals surface area (Å²) in [6.07, 6.45) is -1.43. The Morgan fingerprint density at radius 3 is 2.23 bits per heavy atom. The van der Waals surface area contributed by atoms with E-state index in [1.54, 1.807) is 30.3 Å². The van der Waals surface area contributed by atoms with Crippen LogP contribution in [0.2, 0.25) is 0 Å². The van der Waals surface area contributed by atoms with E-state index in [9.17, 15) is 14.4 Å². The lowest BCUT2D eigenvalue weighted by Crippen LogP contribution is -2.46. The van der Waals surface area contributed by atoms with Crippen LogP contribution in [-0.2, 0) is 22.6 Å². The smallest absolute Gasteiger partial charge is 0.411 e. The predicted octanol–water partition coefficient (Wildman–Crippen LogP) is 5.63. The molecule has 1 saturated heterocycles. The largest absolute Gasteiger partial charge is 0.438 e. The van der Waals surface area contributed by atoms with E-state index in [0.29, 0.717) is 23.4 Å². The molecule has 0 saturated carbocycles. The summed E-state index contributed by atoms with van der Waals surface area (Å²) in [7, 11) is 0. The van der Waals surface area contributed by atoms with E-state index in [1.165, 1.54) is 4.90 Å². The highest BCUT2D eigenvalue weighted by atomic mass is 16.6. The second-order valence-corrected chi connectivity index (χ2v) is 9.52. The van der Waals surface area contributed by atoms with Crippen molar-refractivity contribution in [3.05, 3.63) is 137 Å². The molecule has 1 fully saturated rings. The van der Waals surface area contributed by atoms with Gasteiger partial charge in [0, 0.05) is 17.8 Å². The molecule has 1 heterocycles. The van der Waals surface area contributed by atoms with Crippen molar-refractivity contribution in [1.29, 1.82) is 0 Å². The minimum Gasteiger partial charge on any atom is -0.438 e. The molecule has 3 amide bonds. The monoisotopic (exact) mass is 519 g/mol. The van der Waals surface area contributed by atoms with Gasteiger partial charge in [0.05, 0.1) is 6.54 Å². The molecule has 4 aromatic carbocycles. The SMILES string of the molecule is Cc1cccc(C(=O)Nc2cccc(C3OC(=O)N(Cc4ccccc4)C3C(=O)NCc3ccccc3)c2)c1. The first-order chi connectivity index (χ1) is 19.0. The van der Waals surface area contributed by atoms with Crippen LogP contribution in [0.15, 0.2) is 109 Å². The number of ether oxygens (including phenoxy) is 1. The molecule has 0 aliphatic carbocycles. The van der Waals surface area contributed by atoms with Crippen LogP contribution in [-0.4, -0.2) is 28.8 Å². The molecule has 2 N–H and O–H groups in total. The highest BCUT2D eigenvalue weighted by molar-refractivity contribution is 6.04. The van der Waals surface area contributed by atoms with E-state index in [-0.39, 0.29) is 18.4 Å². The number of carbonyl (C=O) groups is 3. The maximum Gasteiger partial charge on any atom is 0.411 e. The summed E-state index contributed by atoms with van der Waals surface area (Å²) in [5.41, 5.74) is 4.51. The van der Waals surface area contributed by atoms with Crippen LogP contribution in [0.25, 0.3) is 0 Å². The zero-order valence-corrected chi connectivity index (χ0v) is 21.5. The molecule has 1 aliphatic rings. The van der Waals surface area contributed by atoms with Gasteiger partial charge in [-0.05, 0) is 47.9 Å². The molecule has 2 atom stereocenters. The Hall–Kier alpha value is -4.91. The fourth-order valence-corrected chi connectivity index (χ4v) is 4.66. The van der Waals surface area contributed by atoms with Crippen LogP contribution in [0.3, 0.4) is 0 Å². The van der Waals surface area contributed by atoms with Crippen LogP contribution < -0.4 is 10.6 Å². The van der Waals surface area contributed by atoms with Crippen LogP contribution in [0.1, 0.15) is 38.7 Å². The average molecular weight is 520 g/mol. The van der Waals surface area contributed by atoms with E-state index < -0.39 is 18.2 Å². The number of nitrogens with zero attached hydrogens (tertiary/aromatic N) is 1. The molecular formula is C32H29N3O4. The molecule has 1 aliphatic heterocycles. The molecule has 4 aromatic rings. The Bertz CT molecular complexity index is 1470. The molecule has 0 aromatic heterocycles. The molecule has 5 rings (SSSR count). The second-order valence-electron chi connectivity index (χ2n) is 9.52. The van der Waals surface area contributed by atoms with E-state index in [1.807, 2.05) is 85.8 Å². The normalized spacial score (nSPS) is 16.4. The third-order valence-corrected chi connectivity index (χ3v) is 6.61. The number of nitrogens with one attached hydrogen (secondary N) is 2. The van der Waals surface area contributed by atoms with Gasteiger partial charge in [0.15, 0.2) is 12.1 Å². The Morgan fingerprint density at radius 1 is 0.821 bits per heavy atom. The zero-order chi connectivity index (χ0) is 27.2. The van der Waals surface area contributed by atoms with Crippen LogP contribution in [0, 0.1) is 6.92 Å². The minimum absolute atomic E-state index is 0.226. The third kappa shape index (κ3) is 6.15. The number of carbonyl (C=O) groups excluding carboxylic acids is 3. The quantitative estimate of drug-likeness (QED) is 0.316. The van der Waals surface area contributed by atoms with Gasteiger partial charge >= 0.3 is 6.09 Å². The number of hydrogen-bond donors (Lipinski definition) is 2. The summed E-state index contributed by atoms with van der Waals surface area (Å²) in [6.45, 7) is 2.47. The highest BCUT2D eigenvalue weighted by Gasteiger charge is 2.47. The van der Waals surface area contributed by atoms with Crippen LogP contribution in [0.5, 0.6) is 0 Å². The summed E-state index contributed by atoms with van der Waals surface area (Å²) in [5, 5.41) is 5.88. The van der Waals surface area contributed by atoms with Crippen molar-refractivity contribution in [2.24, 2.45) is 0 Å². The van der Waals surface area contributed by atoms with Crippen molar-refractivity contribution in [1.82, 2.24) is 10.2 Å². The molecular weight excluding hydrogens is 490 g/mol. The maximum absolute atomic E-state index is 13.6. The van der Waals surface area contributed by atoms with Crippen LogP contribution >= 0.6 is 0 Å². The van der Waals surface area contributed by atoms with E-state index >= 15 is 0 Å². The fraction of sp³-hybridized carbons (Fsp3) is 0.156. The minimum atomic E-state index is -0.899. The topological polar surface area (TPSA) is 87.7 Å². The average Bonchev–Trinajstić information content (AvgIpc) is 3.28. The Morgan fingerprint density at radius 2 is 1.51 bits per heavy atom. The summed E-state index contributed by atoms with van der Waals surface area (Å²) < 4.78 is 5.79. The van der Waals surface area contributed by atoms with Crippen molar-refractivity contribution >= 4 is 23.6 Å². The second kappa shape index (κ2) is 11.6. The molecule has 7 heteroatoms. The van der Waals surface area contributed by atoms with Gasteiger partial charge in [-0.25, -0.2) is 4.79 Å². The lowest BCUT2D eigenvalue weighted by molar-refractivity contribution is -0.126. The van der Waals surface area contributed by atoms with Gasteiger partial charge in [-0.2, -0.15) is 0 Å². The van der Waals surface area contributed by atoms with Crippen LogP contribution in [0.4, 0.5) is 10.5 Å². The van der Waals surface area contributed by atoms with Crippen molar-refractivity contribution < 1.29 is 19.1 Å². The van der Waals surface area contributed by atoms with Crippen molar-refractivity contribution in [2.75, 3.05) is 5.32 Å². The Labute approximate surface area is 227 Å². The van der Waals surface area contributed by atoms with Gasteiger partial charge in [0.2, 0.25) is 5.91 Å². The highest BCUT2D eigenvalue weighted by Crippen LogP contribution is 2.35. The maximum atomic E-state index is 13.6. The van der Waals surface area contributed by atoms with E-state index in [2.05, 4.69) is 10.6 Å². The Kier molecular flexibility index (Phi) is 7.68. The first-order valence-electron chi connectivity index (χ1n) is 12.8. The molecule has 39 heavy (non-hydrogen) atoms. The Balaban J connectivity index is 1.40. The number of cyclic esters (lactones) is 1. The lowest BCUT2D eigenvalue weighted by atomic mass is 10.00. The summed E-state index contributed by atoms with van der Waals surface area (Å²) in [4.78, 5) is 40.9. The molecule has 0 spiro atoms. The van der Waals surface area contributed by atoms with Gasteiger partial charge in [0.1, 0.15) is 0 Å². The summed E-state index contributed by atoms with van der Waals surface area (Å²) in [5.74, 6) is -0.568. The van der Waals surface area contributed by atoms with E-state index in [4.69, 9.17) is 4.74 Å². The number of rotatable bonds is 8. The summed E-state index contributed by atoms with van der Waals surface area (Å²) >= 11 is 0. The van der Waals surface area contributed by atoms with Gasteiger partial charge in [-0.1, -0.05) is 90.5 Å². The first-order valence-corrected chi connectivity index (χ1v) is 12.8. The standard InChI is InChI=1S/C32H29N3O4/c1-22-10-8-16-26(18-22)30(36)34-27-17-9-15-25(19-27)29-28(31(37)33-20-23-11-4-2-5-12-23)35(32(38)39-29)21-24-13-6-3-7-14-24/h2-19,28-29H,20-21H2,1H3,(H,33,37)(H,34,36). The fourth-order valence-electron chi connectivity index (χ4n) is 4.66. The molecule has 7 nitrogen and oxygen atoms in total. The van der Waals surface area contributed by atoms with Crippen molar-refractivity contribution in [3.8, 4) is 0 Å². The number of aryl methyl sites for hydroxylation is 1. The number of anilines is 1. The zero-order valence-electron chi connectivity index (χ0n) is 21.5. The van der Waals surface area contributed by atoms with Gasteiger partial charge in [-0.3, -0.25) is 14.5 Å². The van der Waals surface area contributed by atoms with Gasteiger partial charge in [0.25, 0.3) is 5.91 Å². The van der Waals surface area contributed by atoms with Gasteiger partial charge in [-0.15, -0.1) is 0 Å². The number of hydrogen-bond acceptors (Lipinski definition) is 4. The van der Waals surface area contributed by atoms with Gasteiger partial charge < -0.3 is 15.4 Å². The number of benzene rings is 4. The molecule has 0 radical (unpaired) electrons. The lowest BCUT2D eigenvalue weighted by Gasteiger charge is -2.24. The first kappa shape index (κ1) is 25.7. The van der Waals surface area contributed by atoms with Crippen molar-refractivity contribution in [2.45, 2.75) is 32.2 Å². The summed E-state index contributed by atoms with van der Waals surface area (Å²) in [6, 6.07) is 32.6. The van der Waals surface area contributed by atoms with E-state index in [0.717, 1.165) is 16.7 Å².